The highest BCUT2D eigenvalue weighted by atomic mass is 19.1. The molecule has 3 aromatic rings. The van der Waals surface area contributed by atoms with E-state index in [4.69, 9.17) is 4.74 Å². The number of nitrogens with zero attached hydrogens (tertiary/aromatic N) is 2. The molecule has 0 radical (unpaired) electrons. The zero-order chi connectivity index (χ0) is 26.5. The third-order valence-electron chi connectivity index (χ3n) is 8.08. The van der Waals surface area contributed by atoms with Gasteiger partial charge in [-0.3, -0.25) is 4.90 Å². The van der Waals surface area contributed by atoms with E-state index in [1.54, 1.807) is 24.3 Å². The smallest absolute Gasteiger partial charge is 0.165 e. The molecule has 3 aromatic carbocycles. The molecule has 1 aliphatic heterocycles. The summed E-state index contributed by atoms with van der Waals surface area (Å²) in [6.07, 6.45) is 6.54. The van der Waals surface area contributed by atoms with Crippen LogP contribution in [0.5, 0.6) is 17.2 Å². The molecule has 2 aliphatic rings. The van der Waals surface area contributed by atoms with Crippen LogP contribution in [0.4, 0.5) is 10.1 Å². The highest BCUT2D eigenvalue weighted by molar-refractivity contribution is 5.59. The minimum absolute atomic E-state index is 0.229. The van der Waals surface area contributed by atoms with E-state index in [1.807, 2.05) is 30.3 Å². The van der Waals surface area contributed by atoms with Crippen molar-refractivity contribution in [2.75, 3.05) is 37.7 Å². The molecule has 6 heteroatoms. The van der Waals surface area contributed by atoms with E-state index in [9.17, 15) is 14.6 Å². The van der Waals surface area contributed by atoms with E-state index < -0.39 is 0 Å². The van der Waals surface area contributed by atoms with Crippen LogP contribution in [-0.2, 0) is 19.4 Å². The molecule has 0 bridgehead atoms. The van der Waals surface area contributed by atoms with Crippen molar-refractivity contribution < 1.29 is 19.3 Å². The van der Waals surface area contributed by atoms with E-state index in [1.165, 1.54) is 36.0 Å². The third-order valence-corrected chi connectivity index (χ3v) is 8.08. The van der Waals surface area contributed by atoms with Crippen molar-refractivity contribution in [1.29, 1.82) is 0 Å². The monoisotopic (exact) mass is 518 g/mol. The molecule has 5 nitrogen and oxygen atoms in total. The first-order valence-electron chi connectivity index (χ1n) is 14.0. The molecule has 1 atom stereocenters. The van der Waals surface area contributed by atoms with Gasteiger partial charge in [-0.2, -0.15) is 0 Å². The number of likely N-dealkylation sites (tertiary alicyclic amines) is 1. The van der Waals surface area contributed by atoms with Crippen LogP contribution in [0.1, 0.15) is 60.8 Å². The van der Waals surface area contributed by atoms with Gasteiger partial charge in [0, 0.05) is 31.4 Å². The number of anilines is 1. The summed E-state index contributed by atoms with van der Waals surface area (Å²) in [7, 11) is 0. The van der Waals surface area contributed by atoms with Crippen molar-refractivity contribution in [3.05, 3.63) is 82.7 Å². The molecule has 202 valence electrons. The molecule has 1 saturated heterocycles. The number of piperidine rings is 1. The van der Waals surface area contributed by atoms with E-state index in [-0.39, 0.29) is 11.6 Å². The number of halogens is 1. The highest BCUT2D eigenvalue weighted by Gasteiger charge is 2.25. The van der Waals surface area contributed by atoms with Crippen molar-refractivity contribution >= 4 is 5.69 Å². The average molecular weight is 519 g/mol. The van der Waals surface area contributed by atoms with Gasteiger partial charge in [0.25, 0.3) is 0 Å². The number of aryl methyl sites for hydroxylation is 1. The van der Waals surface area contributed by atoms with Gasteiger partial charge in [0.05, 0.1) is 0 Å². The first-order chi connectivity index (χ1) is 18.5. The first-order valence-corrected chi connectivity index (χ1v) is 14.0. The quantitative estimate of drug-likeness (QED) is 0.343. The number of aromatic hydroxyl groups is 2. The lowest BCUT2D eigenvalue weighted by atomic mass is 9.79. The van der Waals surface area contributed by atoms with Gasteiger partial charge in [-0.15, -0.1) is 0 Å². The number of ether oxygens (including phenoxy) is 1. The van der Waals surface area contributed by atoms with Crippen LogP contribution in [-0.4, -0.2) is 47.9 Å². The third kappa shape index (κ3) is 6.24. The number of benzene rings is 3. The first kappa shape index (κ1) is 26.4. The zero-order valence-electron chi connectivity index (χ0n) is 22.3. The largest absolute Gasteiger partial charge is 0.508 e. The van der Waals surface area contributed by atoms with Gasteiger partial charge in [0.1, 0.15) is 18.1 Å². The summed E-state index contributed by atoms with van der Waals surface area (Å²) in [5.74, 6) is 0.825. The molecule has 0 aromatic heterocycles. The molecule has 0 saturated carbocycles. The van der Waals surface area contributed by atoms with Gasteiger partial charge in [0.2, 0.25) is 0 Å². The zero-order valence-corrected chi connectivity index (χ0v) is 22.3. The number of rotatable bonds is 9. The van der Waals surface area contributed by atoms with Gasteiger partial charge in [-0.05, 0) is 111 Å². The summed E-state index contributed by atoms with van der Waals surface area (Å²) in [5, 5.41) is 20.2. The van der Waals surface area contributed by atoms with Crippen LogP contribution in [0.25, 0.3) is 0 Å². The summed E-state index contributed by atoms with van der Waals surface area (Å²) in [5.41, 5.74) is 5.52. The van der Waals surface area contributed by atoms with Crippen molar-refractivity contribution in [1.82, 2.24) is 4.90 Å². The Labute approximate surface area is 225 Å². The van der Waals surface area contributed by atoms with Gasteiger partial charge in [-0.25, -0.2) is 4.39 Å². The van der Waals surface area contributed by atoms with E-state index in [0.717, 1.165) is 56.7 Å². The molecule has 0 spiro atoms. The second-order valence-corrected chi connectivity index (χ2v) is 10.7. The Kier molecular flexibility index (Phi) is 8.38. The molecule has 1 fully saturated rings. The summed E-state index contributed by atoms with van der Waals surface area (Å²) >= 11 is 0. The summed E-state index contributed by atoms with van der Waals surface area (Å²) in [4.78, 5) is 4.59. The number of hydrogen-bond acceptors (Lipinski definition) is 5. The average Bonchev–Trinajstić information content (AvgIpc) is 2.93. The molecule has 5 rings (SSSR count). The number of phenols is 2. The molecule has 1 heterocycles. The summed E-state index contributed by atoms with van der Waals surface area (Å²) < 4.78 is 20.7. The van der Waals surface area contributed by atoms with Gasteiger partial charge in [0.15, 0.2) is 11.6 Å². The lowest BCUT2D eigenvalue weighted by Gasteiger charge is -2.31. The Morgan fingerprint density at radius 2 is 1.74 bits per heavy atom. The fourth-order valence-corrected chi connectivity index (χ4v) is 5.97. The van der Waals surface area contributed by atoms with Crippen molar-refractivity contribution in [3.8, 4) is 17.2 Å². The minimum atomic E-state index is -0.333. The fraction of sp³-hybridized carbons (Fsp3) is 0.438. The van der Waals surface area contributed by atoms with E-state index in [2.05, 4.69) is 16.7 Å². The summed E-state index contributed by atoms with van der Waals surface area (Å²) in [6, 6.07) is 16.5. The summed E-state index contributed by atoms with van der Waals surface area (Å²) in [6.45, 7) is 6.88. The van der Waals surface area contributed by atoms with Crippen LogP contribution in [0, 0.1) is 5.82 Å². The Balaban J connectivity index is 1.28. The molecule has 0 amide bonds. The van der Waals surface area contributed by atoms with E-state index >= 15 is 0 Å². The van der Waals surface area contributed by atoms with Crippen LogP contribution in [0.2, 0.25) is 0 Å². The molecule has 1 aliphatic carbocycles. The second-order valence-electron chi connectivity index (χ2n) is 10.7. The normalized spacial score (nSPS) is 17.7. The van der Waals surface area contributed by atoms with Crippen LogP contribution in [0.15, 0.2) is 54.6 Å². The van der Waals surface area contributed by atoms with Gasteiger partial charge >= 0.3 is 0 Å². The topological polar surface area (TPSA) is 56.2 Å². The Morgan fingerprint density at radius 1 is 0.947 bits per heavy atom. The lowest BCUT2D eigenvalue weighted by Crippen LogP contribution is -2.33. The van der Waals surface area contributed by atoms with Crippen molar-refractivity contribution in [2.24, 2.45) is 0 Å². The SMILES string of the molecule is CCN(Cc1ccc(OCCN2CCCCC2)c(F)c1)c1cc(O)ccc1[C@@H]1CCc2cc(O)ccc2C1. The molecule has 0 unspecified atom stereocenters. The van der Waals surface area contributed by atoms with Crippen LogP contribution >= 0.6 is 0 Å². The number of fused-ring (bicyclic) bond motifs is 1. The van der Waals surface area contributed by atoms with E-state index in [0.29, 0.717) is 30.6 Å². The standard InChI is InChI=1S/C32H39FN2O3/c1-2-35(22-23-6-13-32(30(33)18-23)38-17-16-34-14-4-3-5-15-34)31-21-28(37)11-12-29(31)26-8-7-25-20-27(36)10-9-24(25)19-26/h6,9-13,18,20-21,26,36-37H,2-5,7-8,14-17,19,22H2,1H3/t26-/m1/s1. The Bertz CT molecular complexity index is 1240. The predicted molar refractivity (Wildman–Crippen MR) is 150 cm³/mol. The second kappa shape index (κ2) is 12.1. The lowest BCUT2D eigenvalue weighted by molar-refractivity contribution is 0.180. The maximum Gasteiger partial charge on any atom is 0.165 e. The molecule has 38 heavy (non-hydrogen) atoms. The predicted octanol–water partition coefficient (Wildman–Crippen LogP) is 6.40. The van der Waals surface area contributed by atoms with Crippen LogP contribution in [0.3, 0.4) is 0 Å². The number of hydrogen-bond donors (Lipinski definition) is 2. The highest BCUT2D eigenvalue weighted by Crippen LogP contribution is 2.40. The van der Waals surface area contributed by atoms with Gasteiger partial charge in [-0.1, -0.05) is 24.6 Å². The minimum Gasteiger partial charge on any atom is -0.508 e. The van der Waals surface area contributed by atoms with Crippen molar-refractivity contribution in [2.45, 2.75) is 57.9 Å². The van der Waals surface area contributed by atoms with Gasteiger partial charge < -0.3 is 19.8 Å². The Hall–Kier alpha value is -3.25. The molecular weight excluding hydrogens is 479 g/mol. The van der Waals surface area contributed by atoms with Crippen molar-refractivity contribution in [3.63, 3.8) is 0 Å². The fourth-order valence-electron chi connectivity index (χ4n) is 5.97. The van der Waals surface area contributed by atoms with Crippen LogP contribution < -0.4 is 9.64 Å². The molecule has 2 N–H and O–H groups in total. The molecular formula is C32H39FN2O3. The maximum atomic E-state index is 15.0. The Morgan fingerprint density at radius 3 is 2.53 bits per heavy atom. The number of phenolic OH excluding ortho intramolecular Hbond substituents is 2. The maximum absolute atomic E-state index is 15.0.